The number of rotatable bonds is 6. The van der Waals surface area contributed by atoms with E-state index in [4.69, 9.17) is 0 Å². The molecule has 144 valence electrons. The normalized spacial score (nSPS) is 10.7. The second-order valence-electron chi connectivity index (χ2n) is 6.25. The SMILES string of the molecule is O=C(Nc1ccccc1)c1ccc(CSc2n[nH]c(-c3ccccc3F)n2)cc1. The van der Waals surface area contributed by atoms with Gasteiger partial charge in [-0.3, -0.25) is 9.89 Å². The van der Waals surface area contributed by atoms with Crippen molar-refractivity contribution in [2.75, 3.05) is 5.32 Å². The van der Waals surface area contributed by atoms with Crippen LogP contribution in [0, 0.1) is 5.82 Å². The molecule has 29 heavy (non-hydrogen) atoms. The van der Waals surface area contributed by atoms with Crippen molar-refractivity contribution in [3.05, 3.63) is 95.8 Å². The highest BCUT2D eigenvalue weighted by Crippen LogP contribution is 2.24. The van der Waals surface area contributed by atoms with Crippen LogP contribution >= 0.6 is 11.8 Å². The van der Waals surface area contributed by atoms with Gasteiger partial charge in [-0.2, -0.15) is 0 Å². The average Bonchev–Trinajstić information content (AvgIpc) is 3.22. The number of nitrogens with zero attached hydrogens (tertiary/aromatic N) is 2. The molecule has 0 saturated carbocycles. The van der Waals surface area contributed by atoms with Crippen molar-refractivity contribution >= 4 is 23.4 Å². The van der Waals surface area contributed by atoms with Gasteiger partial charge in [0.15, 0.2) is 5.82 Å². The van der Waals surface area contributed by atoms with Crippen molar-refractivity contribution in [2.45, 2.75) is 10.9 Å². The Kier molecular flexibility index (Phi) is 5.67. The summed E-state index contributed by atoms with van der Waals surface area (Å²) in [5.41, 5.74) is 2.76. The molecule has 0 unspecified atom stereocenters. The van der Waals surface area contributed by atoms with E-state index in [1.807, 2.05) is 42.5 Å². The molecule has 0 aliphatic heterocycles. The largest absolute Gasteiger partial charge is 0.322 e. The van der Waals surface area contributed by atoms with Crippen molar-refractivity contribution in [1.82, 2.24) is 15.2 Å². The van der Waals surface area contributed by atoms with E-state index < -0.39 is 0 Å². The summed E-state index contributed by atoms with van der Waals surface area (Å²) in [5, 5.41) is 10.3. The van der Waals surface area contributed by atoms with Gasteiger partial charge in [0.25, 0.3) is 5.91 Å². The Balaban J connectivity index is 1.36. The first kappa shape index (κ1) is 18.9. The molecule has 0 spiro atoms. The zero-order valence-electron chi connectivity index (χ0n) is 15.3. The first-order chi connectivity index (χ1) is 14.2. The Morgan fingerprint density at radius 3 is 2.45 bits per heavy atom. The van der Waals surface area contributed by atoms with Crippen LogP contribution < -0.4 is 5.32 Å². The van der Waals surface area contributed by atoms with Crippen LogP contribution in [-0.2, 0) is 5.75 Å². The number of para-hydroxylation sites is 1. The Labute approximate surface area is 171 Å². The summed E-state index contributed by atoms with van der Waals surface area (Å²) in [7, 11) is 0. The topological polar surface area (TPSA) is 70.7 Å². The Hall–Kier alpha value is -3.45. The molecule has 0 fully saturated rings. The number of carbonyl (C=O) groups excluding carboxylic acids is 1. The van der Waals surface area contributed by atoms with Crippen LogP contribution in [0.5, 0.6) is 0 Å². The minimum atomic E-state index is -0.343. The molecule has 0 aliphatic carbocycles. The highest BCUT2D eigenvalue weighted by atomic mass is 32.2. The second kappa shape index (κ2) is 8.70. The zero-order valence-corrected chi connectivity index (χ0v) is 16.1. The number of H-pyrrole nitrogens is 1. The van der Waals surface area contributed by atoms with Crippen LogP contribution in [0.25, 0.3) is 11.4 Å². The van der Waals surface area contributed by atoms with E-state index >= 15 is 0 Å². The van der Waals surface area contributed by atoms with Crippen molar-refractivity contribution in [3.63, 3.8) is 0 Å². The van der Waals surface area contributed by atoms with Crippen molar-refractivity contribution in [3.8, 4) is 11.4 Å². The molecular formula is C22H17FN4OS. The molecule has 4 rings (SSSR count). The Morgan fingerprint density at radius 1 is 0.966 bits per heavy atom. The van der Waals surface area contributed by atoms with Gasteiger partial charge in [-0.25, -0.2) is 9.37 Å². The molecule has 5 nitrogen and oxygen atoms in total. The highest BCUT2D eigenvalue weighted by molar-refractivity contribution is 7.98. The molecule has 2 N–H and O–H groups in total. The molecule has 0 bridgehead atoms. The lowest BCUT2D eigenvalue weighted by Crippen LogP contribution is -2.11. The van der Waals surface area contributed by atoms with Crippen molar-refractivity contribution in [2.24, 2.45) is 0 Å². The monoisotopic (exact) mass is 404 g/mol. The fourth-order valence-corrected chi connectivity index (χ4v) is 3.46. The van der Waals surface area contributed by atoms with Crippen LogP contribution in [0.3, 0.4) is 0 Å². The second-order valence-corrected chi connectivity index (χ2v) is 7.19. The van der Waals surface area contributed by atoms with Crippen molar-refractivity contribution in [1.29, 1.82) is 0 Å². The lowest BCUT2D eigenvalue weighted by atomic mass is 10.1. The van der Waals surface area contributed by atoms with E-state index in [1.165, 1.54) is 17.8 Å². The lowest BCUT2D eigenvalue weighted by molar-refractivity contribution is 0.102. The average molecular weight is 404 g/mol. The van der Waals surface area contributed by atoms with Crippen LogP contribution in [0.4, 0.5) is 10.1 Å². The third kappa shape index (κ3) is 4.70. The standard InChI is InChI=1S/C22H17FN4OS/c23-19-9-5-4-8-18(19)20-25-22(27-26-20)29-14-15-10-12-16(13-11-15)21(28)24-17-6-2-1-3-7-17/h1-13H,14H2,(H,24,28)(H,25,26,27). The molecule has 7 heteroatoms. The molecule has 0 radical (unpaired) electrons. The first-order valence-corrected chi connectivity index (χ1v) is 9.93. The summed E-state index contributed by atoms with van der Waals surface area (Å²) >= 11 is 1.44. The van der Waals surface area contributed by atoms with Gasteiger partial charge in [0.05, 0.1) is 5.56 Å². The number of thioether (sulfide) groups is 1. The van der Waals surface area contributed by atoms with Gasteiger partial charge in [-0.05, 0) is 42.0 Å². The van der Waals surface area contributed by atoms with E-state index in [-0.39, 0.29) is 11.7 Å². The number of benzene rings is 3. The quantitative estimate of drug-likeness (QED) is 0.436. The lowest BCUT2D eigenvalue weighted by Gasteiger charge is -2.06. The molecule has 0 saturated heterocycles. The van der Waals surface area contributed by atoms with E-state index in [0.29, 0.717) is 27.9 Å². The molecule has 0 atom stereocenters. The summed E-state index contributed by atoms with van der Waals surface area (Å²) in [5.74, 6) is 0.539. The fraction of sp³-hybridized carbons (Fsp3) is 0.0455. The number of nitrogens with one attached hydrogen (secondary N) is 2. The third-order valence-corrected chi connectivity index (χ3v) is 5.13. The minimum absolute atomic E-state index is 0.154. The number of anilines is 1. The number of aromatic amines is 1. The molecule has 0 aliphatic rings. The predicted octanol–water partition coefficient (Wildman–Crippen LogP) is 5.16. The summed E-state index contributed by atoms with van der Waals surface area (Å²) in [6.45, 7) is 0. The van der Waals surface area contributed by atoms with Gasteiger partial charge in [0.1, 0.15) is 5.82 Å². The summed E-state index contributed by atoms with van der Waals surface area (Å²) in [6.07, 6.45) is 0. The maximum atomic E-state index is 13.8. The number of carbonyl (C=O) groups is 1. The zero-order chi connectivity index (χ0) is 20.1. The number of hydrogen-bond acceptors (Lipinski definition) is 4. The molecule has 4 aromatic rings. The summed E-state index contributed by atoms with van der Waals surface area (Å²) < 4.78 is 13.8. The first-order valence-electron chi connectivity index (χ1n) is 8.94. The number of aromatic nitrogens is 3. The van der Waals surface area contributed by atoms with E-state index in [1.54, 1.807) is 30.3 Å². The molecule has 1 heterocycles. The fourth-order valence-electron chi connectivity index (χ4n) is 2.71. The van der Waals surface area contributed by atoms with Gasteiger partial charge in [-0.15, -0.1) is 5.10 Å². The van der Waals surface area contributed by atoms with E-state index in [0.717, 1.165) is 11.3 Å². The predicted molar refractivity (Wildman–Crippen MR) is 112 cm³/mol. The molecule has 3 aromatic carbocycles. The van der Waals surface area contributed by atoms with Crippen LogP contribution in [-0.4, -0.2) is 21.1 Å². The molecule has 1 amide bonds. The van der Waals surface area contributed by atoms with Gasteiger partial charge in [0.2, 0.25) is 5.16 Å². The summed E-state index contributed by atoms with van der Waals surface area (Å²) in [4.78, 5) is 16.6. The third-order valence-electron chi connectivity index (χ3n) is 4.21. The van der Waals surface area contributed by atoms with E-state index in [2.05, 4.69) is 20.5 Å². The van der Waals surface area contributed by atoms with Gasteiger partial charge in [-0.1, -0.05) is 54.2 Å². The number of hydrogen-bond donors (Lipinski definition) is 2. The van der Waals surface area contributed by atoms with Crippen LogP contribution in [0.15, 0.2) is 84.0 Å². The van der Waals surface area contributed by atoms with Gasteiger partial charge < -0.3 is 5.32 Å². The highest BCUT2D eigenvalue weighted by Gasteiger charge is 2.11. The maximum absolute atomic E-state index is 13.8. The van der Waals surface area contributed by atoms with Crippen LogP contribution in [0.1, 0.15) is 15.9 Å². The summed E-state index contributed by atoms with van der Waals surface area (Å²) in [6, 6.07) is 23.1. The minimum Gasteiger partial charge on any atom is -0.322 e. The number of halogens is 1. The van der Waals surface area contributed by atoms with Crippen LogP contribution in [0.2, 0.25) is 0 Å². The van der Waals surface area contributed by atoms with Gasteiger partial charge >= 0.3 is 0 Å². The Morgan fingerprint density at radius 2 is 1.69 bits per heavy atom. The number of amides is 1. The van der Waals surface area contributed by atoms with Gasteiger partial charge in [0, 0.05) is 17.0 Å². The Bertz CT molecular complexity index is 1110. The van der Waals surface area contributed by atoms with E-state index in [9.17, 15) is 9.18 Å². The smallest absolute Gasteiger partial charge is 0.255 e. The molecule has 1 aromatic heterocycles. The maximum Gasteiger partial charge on any atom is 0.255 e. The van der Waals surface area contributed by atoms with Crippen molar-refractivity contribution < 1.29 is 9.18 Å². The molecular weight excluding hydrogens is 387 g/mol.